The Morgan fingerprint density at radius 2 is 1.04 bits per heavy atom. The largest absolute Gasteiger partial charge is 0.289 e. The second kappa shape index (κ2) is 13.2. The summed E-state index contributed by atoms with van der Waals surface area (Å²) in [7, 11) is 4.42. The molecule has 0 saturated heterocycles. The highest BCUT2D eigenvalue weighted by atomic mass is 15.1. The number of nitrogens with zero attached hydrogens (tertiary/aromatic N) is 2. The van der Waals surface area contributed by atoms with Crippen LogP contribution in [0.4, 0.5) is 0 Å². The van der Waals surface area contributed by atoms with E-state index >= 15 is 0 Å². The van der Waals surface area contributed by atoms with Crippen LogP contribution in [0.15, 0.2) is 23.3 Å². The van der Waals surface area contributed by atoms with E-state index in [-0.39, 0.29) is 0 Å². The van der Waals surface area contributed by atoms with E-state index in [1.165, 1.54) is 11.1 Å². The van der Waals surface area contributed by atoms with E-state index in [2.05, 4.69) is 103 Å². The third kappa shape index (κ3) is 10.8. The van der Waals surface area contributed by atoms with Crippen molar-refractivity contribution in [2.24, 2.45) is 11.8 Å². The molecule has 2 nitrogen and oxygen atoms in total. The van der Waals surface area contributed by atoms with Crippen LogP contribution in [0.2, 0.25) is 0 Å². The van der Waals surface area contributed by atoms with E-state index < -0.39 is 0 Å². The van der Waals surface area contributed by atoms with E-state index in [0.717, 1.165) is 25.9 Å². The van der Waals surface area contributed by atoms with Crippen LogP contribution in [0.5, 0.6) is 0 Å². The highest BCUT2D eigenvalue weighted by Gasteiger charge is 2.17. The lowest BCUT2D eigenvalue weighted by atomic mass is 9.99. The second-order valence-electron chi connectivity index (χ2n) is 8.68. The first-order valence-corrected chi connectivity index (χ1v) is 10.3. The smallest absolute Gasteiger partial charge is 0.0717 e. The summed E-state index contributed by atoms with van der Waals surface area (Å²) >= 11 is 0. The zero-order valence-corrected chi connectivity index (χ0v) is 19.2. The molecule has 150 valence electrons. The lowest BCUT2D eigenvalue weighted by molar-refractivity contribution is 0.269. The predicted octanol–water partition coefficient (Wildman–Crippen LogP) is 5.62. The van der Waals surface area contributed by atoms with Crippen LogP contribution in [0.1, 0.15) is 68.2 Å². The van der Waals surface area contributed by atoms with E-state index in [4.69, 9.17) is 0 Å². The Morgan fingerprint density at radius 3 is 1.27 bits per heavy atom. The van der Waals surface area contributed by atoms with E-state index in [0.29, 0.717) is 23.9 Å². The average Bonchev–Trinajstić information content (AvgIpc) is 2.55. The lowest BCUT2D eigenvalue weighted by Gasteiger charge is -2.28. The van der Waals surface area contributed by atoms with Crippen molar-refractivity contribution in [3.05, 3.63) is 23.3 Å². The fourth-order valence-electron chi connectivity index (χ4n) is 2.97. The van der Waals surface area contributed by atoms with E-state index in [9.17, 15) is 0 Å². The molecular formula is C24H44N2. The Morgan fingerprint density at radius 1 is 0.731 bits per heavy atom. The fourth-order valence-corrected chi connectivity index (χ4v) is 2.97. The Balaban J connectivity index is 5.40. The molecule has 0 aliphatic heterocycles. The summed E-state index contributed by atoms with van der Waals surface area (Å²) < 4.78 is 0. The minimum atomic E-state index is 0.316. The summed E-state index contributed by atoms with van der Waals surface area (Å²) in [5, 5.41) is 0. The normalized spacial score (nSPS) is 15.6. The molecule has 0 saturated carbocycles. The van der Waals surface area contributed by atoms with Gasteiger partial charge in [0.25, 0.3) is 0 Å². The number of likely N-dealkylation sites (N-methyl/N-ethyl adjacent to an activating group) is 2. The van der Waals surface area contributed by atoms with Crippen LogP contribution in [-0.4, -0.2) is 49.1 Å². The number of hydrogen-bond acceptors (Lipinski definition) is 2. The van der Waals surface area contributed by atoms with Crippen LogP contribution in [0.25, 0.3) is 0 Å². The van der Waals surface area contributed by atoms with Crippen molar-refractivity contribution in [1.29, 1.82) is 0 Å². The maximum absolute atomic E-state index is 3.65. The quantitative estimate of drug-likeness (QED) is 0.369. The first-order valence-electron chi connectivity index (χ1n) is 10.3. The van der Waals surface area contributed by atoms with Gasteiger partial charge in [0, 0.05) is 13.1 Å². The summed E-state index contributed by atoms with van der Waals surface area (Å²) in [6.45, 7) is 19.8. The Kier molecular flexibility index (Phi) is 12.7. The van der Waals surface area contributed by atoms with Crippen molar-refractivity contribution in [3.8, 4) is 11.8 Å². The minimum absolute atomic E-state index is 0.316. The zero-order chi connectivity index (χ0) is 20.3. The minimum Gasteiger partial charge on any atom is -0.289 e. The molecule has 0 spiro atoms. The Hall–Kier alpha value is -1.04. The Bertz CT molecular complexity index is 458. The fraction of sp³-hybridized carbons (Fsp3) is 0.750. The van der Waals surface area contributed by atoms with E-state index in [1.807, 2.05) is 0 Å². The molecule has 0 aromatic heterocycles. The first-order chi connectivity index (χ1) is 12.1. The topological polar surface area (TPSA) is 6.48 Å². The van der Waals surface area contributed by atoms with Crippen LogP contribution in [0.3, 0.4) is 0 Å². The molecule has 0 aliphatic rings. The maximum Gasteiger partial charge on any atom is 0.0717 e. The molecule has 0 bridgehead atoms. The van der Waals surface area contributed by atoms with Gasteiger partial charge in [-0.3, -0.25) is 9.80 Å². The molecule has 0 aromatic rings. The molecule has 2 unspecified atom stereocenters. The molecular weight excluding hydrogens is 316 g/mol. The van der Waals surface area contributed by atoms with Crippen LogP contribution < -0.4 is 0 Å². The van der Waals surface area contributed by atoms with Gasteiger partial charge in [0.1, 0.15) is 0 Å². The standard InChI is InChI=1S/C24H44N2/c1-11-21(7)17-25(9)23(15-19(3)4)13-14-24(16-20(5)6)26(10)18-22(8)12-2/h11-12,19-20,23-24H,15-18H2,1-10H3/b21-11+,22-12+. The third-order valence-corrected chi connectivity index (χ3v) is 4.85. The van der Waals surface area contributed by atoms with Crippen LogP contribution in [0, 0.1) is 23.7 Å². The third-order valence-electron chi connectivity index (χ3n) is 4.85. The second-order valence-corrected chi connectivity index (χ2v) is 8.68. The van der Waals surface area contributed by atoms with Crippen molar-refractivity contribution in [2.45, 2.75) is 80.3 Å². The number of allylic oxidation sites excluding steroid dienone is 2. The summed E-state index contributed by atoms with van der Waals surface area (Å²) in [6.07, 6.45) is 6.64. The Labute approximate surface area is 164 Å². The first kappa shape index (κ1) is 25.0. The van der Waals surface area contributed by atoms with Gasteiger partial charge in [0.15, 0.2) is 0 Å². The predicted molar refractivity (Wildman–Crippen MR) is 118 cm³/mol. The number of rotatable bonds is 10. The molecule has 0 rings (SSSR count). The monoisotopic (exact) mass is 360 g/mol. The highest BCUT2D eigenvalue weighted by Crippen LogP contribution is 2.14. The molecule has 26 heavy (non-hydrogen) atoms. The van der Waals surface area contributed by atoms with Gasteiger partial charge < -0.3 is 0 Å². The van der Waals surface area contributed by atoms with Crippen molar-refractivity contribution in [2.75, 3.05) is 27.2 Å². The van der Waals surface area contributed by atoms with Crippen LogP contribution >= 0.6 is 0 Å². The van der Waals surface area contributed by atoms with Gasteiger partial charge in [-0.05, 0) is 66.5 Å². The van der Waals surface area contributed by atoms with Gasteiger partial charge in [0.2, 0.25) is 0 Å². The average molecular weight is 361 g/mol. The summed E-state index contributed by atoms with van der Waals surface area (Å²) in [5.41, 5.74) is 2.81. The molecule has 0 aliphatic carbocycles. The van der Waals surface area contributed by atoms with Crippen molar-refractivity contribution in [3.63, 3.8) is 0 Å². The van der Waals surface area contributed by atoms with Gasteiger partial charge in [-0.2, -0.15) is 0 Å². The molecule has 0 radical (unpaired) electrons. The van der Waals surface area contributed by atoms with Gasteiger partial charge >= 0.3 is 0 Å². The lowest BCUT2D eigenvalue weighted by Crippen LogP contribution is -2.35. The van der Waals surface area contributed by atoms with E-state index in [1.54, 1.807) is 0 Å². The maximum atomic E-state index is 3.65. The number of hydrogen-bond donors (Lipinski definition) is 0. The van der Waals surface area contributed by atoms with Crippen molar-refractivity contribution >= 4 is 0 Å². The molecule has 2 atom stereocenters. The summed E-state index contributed by atoms with van der Waals surface area (Å²) in [4.78, 5) is 4.82. The molecule has 0 N–H and O–H groups in total. The van der Waals surface area contributed by atoms with Gasteiger partial charge in [-0.1, -0.05) is 62.8 Å². The zero-order valence-electron chi connectivity index (χ0n) is 19.2. The van der Waals surface area contributed by atoms with Gasteiger partial charge in [0.05, 0.1) is 12.1 Å². The molecule has 2 heteroatoms. The molecule has 0 heterocycles. The summed E-state index contributed by atoms with van der Waals surface area (Å²) in [6, 6.07) is 0.631. The van der Waals surface area contributed by atoms with Gasteiger partial charge in [-0.15, -0.1) is 0 Å². The molecule has 0 fully saturated rings. The van der Waals surface area contributed by atoms with Crippen LogP contribution in [-0.2, 0) is 0 Å². The van der Waals surface area contributed by atoms with Gasteiger partial charge in [-0.25, -0.2) is 0 Å². The highest BCUT2D eigenvalue weighted by molar-refractivity contribution is 5.16. The summed E-state index contributed by atoms with van der Waals surface area (Å²) in [5.74, 6) is 8.59. The van der Waals surface area contributed by atoms with Crippen molar-refractivity contribution < 1.29 is 0 Å². The molecule has 0 amide bonds. The SMILES string of the molecule is C/C=C(\C)CN(C)C(C#CC(CC(C)C)N(C)C/C(C)=C/C)CC(C)C. The van der Waals surface area contributed by atoms with Crippen molar-refractivity contribution in [1.82, 2.24) is 9.80 Å². The molecule has 0 aromatic carbocycles.